The molecule has 0 atom stereocenters. The Kier molecular flexibility index (Phi) is 4.78. The van der Waals surface area contributed by atoms with Gasteiger partial charge in [-0.15, -0.1) is 11.3 Å². The molecule has 1 fully saturated rings. The minimum atomic E-state index is 0.392. The zero-order valence-corrected chi connectivity index (χ0v) is 10.5. The molecule has 0 saturated carbocycles. The molecule has 1 saturated heterocycles. The van der Waals surface area contributed by atoms with Gasteiger partial charge in [0, 0.05) is 29.5 Å². The summed E-state index contributed by atoms with van der Waals surface area (Å²) in [7, 11) is 1.97. The van der Waals surface area contributed by atoms with Crippen LogP contribution in [0.1, 0.15) is 22.6 Å². The third-order valence-electron chi connectivity index (χ3n) is 2.70. The average molecular weight is 241 g/mol. The largest absolute Gasteiger partial charge is 0.381 e. The maximum absolute atomic E-state index is 5.87. The van der Waals surface area contributed by atoms with Crippen molar-refractivity contribution in [3.8, 4) is 0 Å². The molecule has 1 aliphatic rings. The Morgan fingerprint density at radius 3 is 2.88 bits per heavy atom. The number of rotatable bonds is 5. The minimum Gasteiger partial charge on any atom is -0.381 e. The first kappa shape index (κ1) is 12.0. The normalized spacial score (nSPS) is 17.8. The second-order valence-corrected chi connectivity index (χ2v) is 5.27. The van der Waals surface area contributed by atoms with Crippen LogP contribution in [0.3, 0.4) is 0 Å². The van der Waals surface area contributed by atoms with Gasteiger partial charge in [0.25, 0.3) is 0 Å². The third kappa shape index (κ3) is 3.56. The fraction of sp³-hybridized carbons (Fsp3) is 0.667. The Morgan fingerprint density at radius 1 is 1.38 bits per heavy atom. The lowest BCUT2D eigenvalue weighted by molar-refractivity contribution is -0.0383. The molecule has 0 unspecified atom stereocenters. The van der Waals surface area contributed by atoms with Crippen molar-refractivity contribution in [3.05, 3.63) is 21.9 Å². The molecule has 16 heavy (non-hydrogen) atoms. The smallest absolute Gasteiger partial charge is 0.0813 e. The number of nitrogens with one attached hydrogen (secondary N) is 1. The van der Waals surface area contributed by atoms with Gasteiger partial charge in [-0.25, -0.2) is 0 Å². The Hall–Kier alpha value is -0.420. The average Bonchev–Trinajstić information content (AvgIpc) is 2.76. The van der Waals surface area contributed by atoms with Crippen LogP contribution >= 0.6 is 11.3 Å². The molecule has 0 amide bonds. The van der Waals surface area contributed by atoms with E-state index in [-0.39, 0.29) is 0 Å². The van der Waals surface area contributed by atoms with Crippen molar-refractivity contribution in [2.75, 3.05) is 20.3 Å². The van der Waals surface area contributed by atoms with Gasteiger partial charge >= 0.3 is 0 Å². The number of ether oxygens (including phenoxy) is 2. The van der Waals surface area contributed by atoms with E-state index in [9.17, 15) is 0 Å². The second-order valence-electron chi connectivity index (χ2n) is 4.02. The first-order valence-electron chi connectivity index (χ1n) is 5.80. The van der Waals surface area contributed by atoms with Gasteiger partial charge in [-0.05, 0) is 32.0 Å². The van der Waals surface area contributed by atoms with Gasteiger partial charge in [-0.3, -0.25) is 0 Å². The standard InChI is InChI=1S/C12H19NO2S/c1-13-8-11-2-3-12(16-11)9-15-10-4-6-14-7-5-10/h2-3,10,13H,4-9H2,1H3. The first-order chi connectivity index (χ1) is 7.88. The van der Waals surface area contributed by atoms with Crippen LogP contribution in [0.25, 0.3) is 0 Å². The van der Waals surface area contributed by atoms with Gasteiger partial charge in [-0.2, -0.15) is 0 Å². The van der Waals surface area contributed by atoms with E-state index < -0.39 is 0 Å². The van der Waals surface area contributed by atoms with Crippen LogP contribution in [0.15, 0.2) is 12.1 Å². The Morgan fingerprint density at radius 2 is 2.12 bits per heavy atom. The third-order valence-corrected chi connectivity index (χ3v) is 3.76. The maximum atomic E-state index is 5.87. The van der Waals surface area contributed by atoms with Crippen LogP contribution in [0, 0.1) is 0 Å². The lowest BCUT2D eigenvalue weighted by Crippen LogP contribution is -2.23. The summed E-state index contributed by atoms with van der Waals surface area (Å²) in [5.74, 6) is 0. The van der Waals surface area contributed by atoms with E-state index in [1.54, 1.807) is 0 Å². The van der Waals surface area contributed by atoms with Crippen molar-refractivity contribution < 1.29 is 9.47 Å². The highest BCUT2D eigenvalue weighted by Gasteiger charge is 2.14. The molecule has 2 heterocycles. The predicted octanol–water partition coefficient (Wildman–Crippen LogP) is 2.16. The summed E-state index contributed by atoms with van der Waals surface area (Å²) in [5.41, 5.74) is 0. The van der Waals surface area contributed by atoms with Crippen molar-refractivity contribution in [3.63, 3.8) is 0 Å². The van der Waals surface area contributed by atoms with E-state index in [1.807, 2.05) is 18.4 Å². The maximum Gasteiger partial charge on any atom is 0.0813 e. The molecule has 4 heteroatoms. The molecule has 0 radical (unpaired) electrons. The highest BCUT2D eigenvalue weighted by molar-refractivity contribution is 7.11. The van der Waals surface area contributed by atoms with E-state index in [1.165, 1.54) is 9.75 Å². The van der Waals surface area contributed by atoms with Gasteiger partial charge in [0.05, 0.1) is 12.7 Å². The summed E-state index contributed by atoms with van der Waals surface area (Å²) in [4.78, 5) is 2.69. The number of hydrogen-bond donors (Lipinski definition) is 1. The molecule has 1 aromatic rings. The van der Waals surface area contributed by atoms with Gasteiger partial charge < -0.3 is 14.8 Å². The quantitative estimate of drug-likeness (QED) is 0.857. The van der Waals surface area contributed by atoms with Crippen molar-refractivity contribution in [2.24, 2.45) is 0 Å². The monoisotopic (exact) mass is 241 g/mol. The van der Waals surface area contributed by atoms with Gasteiger partial charge in [0.1, 0.15) is 0 Å². The molecule has 90 valence electrons. The predicted molar refractivity (Wildman–Crippen MR) is 65.7 cm³/mol. The van der Waals surface area contributed by atoms with Crippen LogP contribution in [-0.2, 0) is 22.6 Å². The first-order valence-corrected chi connectivity index (χ1v) is 6.61. The van der Waals surface area contributed by atoms with Crippen molar-refractivity contribution in [1.29, 1.82) is 0 Å². The minimum absolute atomic E-state index is 0.392. The molecule has 0 spiro atoms. The lowest BCUT2D eigenvalue weighted by Gasteiger charge is -2.21. The van der Waals surface area contributed by atoms with Crippen molar-refractivity contribution in [2.45, 2.75) is 32.1 Å². The zero-order valence-electron chi connectivity index (χ0n) is 9.70. The van der Waals surface area contributed by atoms with E-state index >= 15 is 0 Å². The molecular weight excluding hydrogens is 222 g/mol. The van der Waals surface area contributed by atoms with Crippen LogP contribution in [-0.4, -0.2) is 26.4 Å². The fourth-order valence-electron chi connectivity index (χ4n) is 1.81. The van der Waals surface area contributed by atoms with E-state index in [4.69, 9.17) is 9.47 Å². The van der Waals surface area contributed by atoms with Crippen LogP contribution < -0.4 is 5.32 Å². The van der Waals surface area contributed by atoms with Gasteiger partial charge in [0.15, 0.2) is 0 Å². The molecule has 0 aromatic carbocycles. The molecule has 3 nitrogen and oxygen atoms in total. The molecular formula is C12H19NO2S. The summed E-state index contributed by atoms with van der Waals surface area (Å²) in [5, 5.41) is 3.16. The van der Waals surface area contributed by atoms with Crippen LogP contribution in [0.5, 0.6) is 0 Å². The molecule has 0 bridgehead atoms. The van der Waals surface area contributed by atoms with Gasteiger partial charge in [-0.1, -0.05) is 0 Å². The molecule has 2 rings (SSSR count). The molecule has 1 aromatic heterocycles. The summed E-state index contributed by atoms with van der Waals surface area (Å²) < 4.78 is 11.2. The Labute approximate surface area is 101 Å². The highest BCUT2D eigenvalue weighted by atomic mass is 32.1. The zero-order chi connectivity index (χ0) is 11.2. The van der Waals surface area contributed by atoms with Crippen molar-refractivity contribution in [1.82, 2.24) is 5.32 Å². The molecule has 1 aliphatic heterocycles. The highest BCUT2D eigenvalue weighted by Crippen LogP contribution is 2.19. The van der Waals surface area contributed by atoms with Crippen LogP contribution in [0.4, 0.5) is 0 Å². The number of thiophene rings is 1. The summed E-state index contributed by atoms with van der Waals surface area (Å²) in [6, 6.07) is 4.33. The SMILES string of the molecule is CNCc1ccc(COC2CCOCC2)s1. The Balaban J connectivity index is 1.75. The second kappa shape index (κ2) is 6.35. The molecule has 1 N–H and O–H groups in total. The molecule has 0 aliphatic carbocycles. The Bertz CT molecular complexity index is 308. The van der Waals surface area contributed by atoms with Gasteiger partial charge in [0.2, 0.25) is 0 Å². The fourth-order valence-corrected chi connectivity index (χ4v) is 2.76. The van der Waals surface area contributed by atoms with Crippen molar-refractivity contribution >= 4 is 11.3 Å². The van der Waals surface area contributed by atoms with E-state index in [0.717, 1.165) is 39.2 Å². The van der Waals surface area contributed by atoms with Crippen LogP contribution in [0.2, 0.25) is 0 Å². The van der Waals surface area contributed by atoms with E-state index in [2.05, 4.69) is 17.4 Å². The summed E-state index contributed by atoms with van der Waals surface area (Å²) >= 11 is 1.83. The summed E-state index contributed by atoms with van der Waals surface area (Å²) in [6.45, 7) is 3.39. The van der Waals surface area contributed by atoms with E-state index in [0.29, 0.717) is 6.10 Å². The number of hydrogen-bond acceptors (Lipinski definition) is 4. The lowest BCUT2D eigenvalue weighted by atomic mass is 10.1. The summed E-state index contributed by atoms with van der Waals surface area (Å²) in [6.07, 6.45) is 2.47. The topological polar surface area (TPSA) is 30.5 Å².